The Kier molecular flexibility index (Phi) is 5.07. The Morgan fingerprint density at radius 1 is 1.15 bits per heavy atom. The molecule has 0 saturated carbocycles. The Bertz CT molecular complexity index is 781. The number of carbonyl (C=O) groups is 1. The van der Waals surface area contributed by atoms with Gasteiger partial charge in [-0.1, -0.05) is 12.1 Å². The molecule has 27 heavy (non-hydrogen) atoms. The second kappa shape index (κ2) is 7.64. The lowest BCUT2D eigenvalue weighted by Gasteiger charge is -2.40. The van der Waals surface area contributed by atoms with Gasteiger partial charge in [-0.05, 0) is 43.5 Å². The average Bonchev–Trinajstić information content (AvgIpc) is 3.10. The summed E-state index contributed by atoms with van der Waals surface area (Å²) in [6.45, 7) is 4.71. The van der Waals surface area contributed by atoms with Gasteiger partial charge in [0.25, 0.3) is 5.91 Å². The summed E-state index contributed by atoms with van der Waals surface area (Å²) in [6, 6.07) is 8.30. The molecule has 2 aliphatic heterocycles. The van der Waals surface area contributed by atoms with E-state index >= 15 is 0 Å². The molecule has 4 rings (SSSR count). The van der Waals surface area contributed by atoms with Crippen LogP contribution < -0.4 is 4.74 Å². The van der Waals surface area contributed by atoms with Crippen molar-refractivity contribution in [3.8, 4) is 5.75 Å². The van der Waals surface area contributed by atoms with Gasteiger partial charge in [-0.2, -0.15) is 0 Å². The van der Waals surface area contributed by atoms with Crippen molar-refractivity contribution in [2.45, 2.75) is 25.8 Å². The number of likely N-dealkylation sites (tertiary alicyclic amines) is 2. The highest BCUT2D eigenvalue weighted by atomic mass is 16.5. The smallest absolute Gasteiger partial charge is 0.274 e. The highest BCUT2D eigenvalue weighted by molar-refractivity contribution is 5.92. The molecule has 1 amide bonds. The molecular formula is C21H26N4O2. The van der Waals surface area contributed by atoms with Gasteiger partial charge in [-0.25, -0.2) is 4.98 Å². The van der Waals surface area contributed by atoms with E-state index in [0.29, 0.717) is 5.69 Å². The number of carbonyl (C=O) groups excluding carboxylic acids is 1. The van der Waals surface area contributed by atoms with Crippen molar-refractivity contribution in [1.29, 1.82) is 0 Å². The highest BCUT2D eigenvalue weighted by Gasteiger charge is 2.42. The van der Waals surface area contributed by atoms with Crippen LogP contribution in [0.1, 0.15) is 35.3 Å². The van der Waals surface area contributed by atoms with Gasteiger partial charge in [0.2, 0.25) is 0 Å². The summed E-state index contributed by atoms with van der Waals surface area (Å²) < 4.78 is 5.24. The second-order valence-electron chi connectivity index (χ2n) is 7.73. The van der Waals surface area contributed by atoms with Crippen molar-refractivity contribution >= 4 is 5.91 Å². The van der Waals surface area contributed by atoms with Crippen LogP contribution in [0.15, 0.2) is 42.9 Å². The zero-order valence-electron chi connectivity index (χ0n) is 15.8. The first kappa shape index (κ1) is 17.9. The van der Waals surface area contributed by atoms with E-state index in [0.717, 1.165) is 51.3 Å². The molecule has 0 radical (unpaired) electrons. The van der Waals surface area contributed by atoms with Crippen LogP contribution in [-0.4, -0.2) is 59.0 Å². The minimum absolute atomic E-state index is 0.00998. The van der Waals surface area contributed by atoms with Crippen LogP contribution in [-0.2, 0) is 6.54 Å². The maximum absolute atomic E-state index is 12.8. The maximum Gasteiger partial charge on any atom is 0.274 e. The average molecular weight is 366 g/mol. The molecule has 2 aromatic rings. The first-order chi connectivity index (χ1) is 13.2. The highest BCUT2D eigenvalue weighted by Crippen LogP contribution is 2.39. The summed E-state index contributed by atoms with van der Waals surface area (Å²) in [5, 5.41) is 0. The lowest BCUT2D eigenvalue weighted by atomic mass is 9.79. The minimum atomic E-state index is 0.00998. The Morgan fingerprint density at radius 3 is 2.74 bits per heavy atom. The fourth-order valence-corrected chi connectivity index (χ4v) is 4.44. The Morgan fingerprint density at radius 2 is 2.00 bits per heavy atom. The number of nitrogens with zero attached hydrogens (tertiary/aromatic N) is 4. The number of benzene rings is 1. The van der Waals surface area contributed by atoms with E-state index in [2.05, 4.69) is 27.0 Å². The molecule has 1 atom stereocenters. The van der Waals surface area contributed by atoms with Crippen molar-refractivity contribution < 1.29 is 9.53 Å². The number of methoxy groups -OCH3 is 1. The monoisotopic (exact) mass is 366 g/mol. The van der Waals surface area contributed by atoms with Gasteiger partial charge >= 0.3 is 0 Å². The van der Waals surface area contributed by atoms with E-state index in [1.807, 2.05) is 17.0 Å². The van der Waals surface area contributed by atoms with Crippen LogP contribution in [0.25, 0.3) is 0 Å². The fraction of sp³-hybridized carbons (Fsp3) is 0.476. The topological polar surface area (TPSA) is 58.6 Å². The van der Waals surface area contributed by atoms with Crippen LogP contribution in [0, 0.1) is 5.41 Å². The van der Waals surface area contributed by atoms with Crippen LogP contribution in [0.3, 0.4) is 0 Å². The summed E-state index contributed by atoms with van der Waals surface area (Å²) in [5.74, 6) is 0.901. The zero-order valence-corrected chi connectivity index (χ0v) is 15.8. The van der Waals surface area contributed by atoms with Crippen LogP contribution >= 0.6 is 0 Å². The quantitative estimate of drug-likeness (QED) is 0.832. The molecule has 2 aliphatic rings. The minimum Gasteiger partial charge on any atom is -0.497 e. The molecule has 1 aromatic carbocycles. The maximum atomic E-state index is 12.8. The second-order valence-corrected chi connectivity index (χ2v) is 7.73. The molecule has 0 aliphatic carbocycles. The van der Waals surface area contributed by atoms with Crippen LogP contribution in [0.2, 0.25) is 0 Å². The van der Waals surface area contributed by atoms with Crippen molar-refractivity contribution in [2.24, 2.45) is 5.41 Å². The van der Waals surface area contributed by atoms with Gasteiger partial charge in [0.1, 0.15) is 11.4 Å². The molecule has 142 valence electrons. The molecule has 2 saturated heterocycles. The third kappa shape index (κ3) is 3.95. The van der Waals surface area contributed by atoms with Gasteiger partial charge in [0.05, 0.1) is 13.3 Å². The number of hydrogen-bond donors (Lipinski definition) is 0. The van der Waals surface area contributed by atoms with Gasteiger partial charge in [-0.3, -0.25) is 14.7 Å². The predicted molar refractivity (Wildman–Crippen MR) is 102 cm³/mol. The molecular weight excluding hydrogens is 340 g/mol. The van der Waals surface area contributed by atoms with Crippen molar-refractivity contribution in [1.82, 2.24) is 19.8 Å². The van der Waals surface area contributed by atoms with E-state index in [9.17, 15) is 4.79 Å². The zero-order chi connectivity index (χ0) is 18.7. The summed E-state index contributed by atoms with van der Waals surface area (Å²) >= 11 is 0. The van der Waals surface area contributed by atoms with E-state index in [1.54, 1.807) is 25.7 Å². The van der Waals surface area contributed by atoms with Crippen LogP contribution in [0.5, 0.6) is 5.75 Å². The third-order valence-electron chi connectivity index (χ3n) is 5.81. The van der Waals surface area contributed by atoms with Gasteiger partial charge < -0.3 is 9.64 Å². The van der Waals surface area contributed by atoms with E-state index < -0.39 is 0 Å². The SMILES string of the molecule is COc1ccc(CN2CC[C@@]3(CCCN(C(=O)c4cnccn4)C3)C2)cc1. The standard InChI is InChI=1S/C21H26N4O2/c1-27-18-5-3-17(4-6-18)14-24-12-8-21(15-24)7-2-11-25(16-21)20(26)19-13-22-9-10-23-19/h3-6,9-10,13H,2,7-8,11-12,14-16H2,1H3/t21-/m0/s1. The van der Waals surface area contributed by atoms with E-state index in [1.165, 1.54) is 12.0 Å². The number of piperidine rings is 1. The Labute approximate surface area is 160 Å². The molecule has 6 nitrogen and oxygen atoms in total. The lowest BCUT2D eigenvalue weighted by molar-refractivity contribution is 0.0521. The Balaban J connectivity index is 1.39. The van der Waals surface area contributed by atoms with Crippen LogP contribution in [0.4, 0.5) is 0 Å². The Hall–Kier alpha value is -2.47. The number of ether oxygens (including phenoxy) is 1. The first-order valence-electron chi connectivity index (χ1n) is 9.58. The van der Waals surface area contributed by atoms with Gasteiger partial charge in [-0.15, -0.1) is 0 Å². The lowest BCUT2D eigenvalue weighted by Crippen LogP contribution is -2.47. The number of rotatable bonds is 4. The summed E-state index contributed by atoms with van der Waals surface area (Å²) in [6.07, 6.45) is 8.14. The molecule has 1 spiro atoms. The largest absolute Gasteiger partial charge is 0.497 e. The van der Waals surface area contributed by atoms with E-state index in [4.69, 9.17) is 4.74 Å². The fourth-order valence-electron chi connectivity index (χ4n) is 4.44. The first-order valence-corrected chi connectivity index (χ1v) is 9.58. The molecule has 3 heterocycles. The summed E-state index contributed by atoms with van der Waals surface area (Å²) in [4.78, 5) is 25.5. The predicted octanol–water partition coefficient (Wildman–Crippen LogP) is 2.61. The molecule has 1 aromatic heterocycles. The summed E-state index contributed by atoms with van der Waals surface area (Å²) in [7, 11) is 1.69. The van der Waals surface area contributed by atoms with Gasteiger partial charge in [0, 0.05) is 44.0 Å². The van der Waals surface area contributed by atoms with Gasteiger partial charge in [0.15, 0.2) is 0 Å². The van der Waals surface area contributed by atoms with Crippen molar-refractivity contribution in [3.05, 3.63) is 54.1 Å². The number of aromatic nitrogens is 2. The molecule has 0 bridgehead atoms. The molecule has 2 fully saturated rings. The van der Waals surface area contributed by atoms with E-state index in [-0.39, 0.29) is 11.3 Å². The normalized spacial score (nSPS) is 22.9. The third-order valence-corrected chi connectivity index (χ3v) is 5.81. The molecule has 0 unspecified atom stereocenters. The van der Waals surface area contributed by atoms with Crippen molar-refractivity contribution in [2.75, 3.05) is 33.3 Å². The number of hydrogen-bond acceptors (Lipinski definition) is 5. The molecule has 0 N–H and O–H groups in total. The summed E-state index contributed by atoms with van der Waals surface area (Å²) in [5.41, 5.74) is 1.96. The number of amides is 1. The van der Waals surface area contributed by atoms with Crippen molar-refractivity contribution in [3.63, 3.8) is 0 Å². The molecule has 6 heteroatoms.